The van der Waals surface area contributed by atoms with Crippen molar-refractivity contribution in [2.45, 2.75) is 25.7 Å². The predicted molar refractivity (Wildman–Crippen MR) is 61.4 cm³/mol. The van der Waals surface area contributed by atoms with Gasteiger partial charge in [0.1, 0.15) is 6.61 Å². The Kier molecular flexibility index (Phi) is 5.37. The monoisotopic (exact) mass is 244 g/mol. The van der Waals surface area contributed by atoms with E-state index < -0.39 is 5.97 Å². The molecule has 1 saturated carbocycles. The van der Waals surface area contributed by atoms with E-state index in [4.69, 9.17) is 15.6 Å². The number of carbonyl (C=O) groups is 2. The topological polar surface area (TPSA) is 102 Å². The van der Waals surface area contributed by atoms with Gasteiger partial charge < -0.3 is 20.9 Å². The zero-order chi connectivity index (χ0) is 12.7. The van der Waals surface area contributed by atoms with Crippen LogP contribution in [-0.2, 0) is 14.3 Å². The molecule has 0 heterocycles. The quantitative estimate of drug-likeness (QED) is 0.510. The fraction of sp³-hybridized carbons (Fsp3) is 0.818. The smallest absolute Gasteiger partial charge is 0.303 e. The SMILES string of the molecule is NCCOCC(=O)NCC1(CC(=O)O)CCC1. The number of ether oxygens (including phenoxy) is 1. The average Bonchev–Trinajstić information content (AvgIpc) is 2.22. The summed E-state index contributed by atoms with van der Waals surface area (Å²) in [6, 6.07) is 0. The zero-order valence-corrected chi connectivity index (χ0v) is 9.91. The second-order valence-corrected chi connectivity index (χ2v) is 4.54. The first-order valence-corrected chi connectivity index (χ1v) is 5.84. The molecule has 0 aromatic carbocycles. The maximum absolute atomic E-state index is 11.4. The second kappa shape index (κ2) is 6.56. The molecule has 0 spiro atoms. The maximum Gasteiger partial charge on any atom is 0.303 e. The summed E-state index contributed by atoms with van der Waals surface area (Å²) in [4.78, 5) is 22.1. The van der Waals surface area contributed by atoms with E-state index in [1.54, 1.807) is 0 Å². The highest BCUT2D eigenvalue weighted by molar-refractivity contribution is 5.77. The third-order valence-electron chi connectivity index (χ3n) is 3.10. The van der Waals surface area contributed by atoms with E-state index >= 15 is 0 Å². The Morgan fingerprint density at radius 3 is 2.59 bits per heavy atom. The molecule has 0 unspecified atom stereocenters. The Morgan fingerprint density at radius 1 is 1.41 bits per heavy atom. The second-order valence-electron chi connectivity index (χ2n) is 4.54. The summed E-state index contributed by atoms with van der Waals surface area (Å²) < 4.78 is 4.99. The van der Waals surface area contributed by atoms with E-state index in [9.17, 15) is 9.59 Å². The molecule has 98 valence electrons. The van der Waals surface area contributed by atoms with Gasteiger partial charge in [0.05, 0.1) is 13.0 Å². The molecule has 1 fully saturated rings. The van der Waals surface area contributed by atoms with Crippen LogP contribution in [0.4, 0.5) is 0 Å². The molecule has 0 aliphatic heterocycles. The summed E-state index contributed by atoms with van der Waals surface area (Å²) in [5, 5.41) is 11.5. The first-order chi connectivity index (χ1) is 8.08. The van der Waals surface area contributed by atoms with Gasteiger partial charge in [0.2, 0.25) is 5.91 Å². The van der Waals surface area contributed by atoms with Gasteiger partial charge in [-0.2, -0.15) is 0 Å². The lowest BCUT2D eigenvalue weighted by Gasteiger charge is -2.40. The predicted octanol–water partition coefficient (Wildman–Crippen LogP) is -0.277. The van der Waals surface area contributed by atoms with Gasteiger partial charge in [-0.15, -0.1) is 0 Å². The molecule has 0 radical (unpaired) electrons. The average molecular weight is 244 g/mol. The van der Waals surface area contributed by atoms with Crippen molar-refractivity contribution in [1.29, 1.82) is 0 Å². The van der Waals surface area contributed by atoms with Crippen LogP contribution in [-0.4, -0.2) is 43.3 Å². The standard InChI is InChI=1S/C11H20N2O4/c12-4-5-17-7-9(14)13-8-11(2-1-3-11)6-10(15)16/h1-8,12H2,(H,13,14)(H,15,16). The first kappa shape index (κ1) is 13.9. The molecule has 1 aliphatic rings. The van der Waals surface area contributed by atoms with E-state index in [0.29, 0.717) is 19.7 Å². The lowest BCUT2D eigenvalue weighted by Crippen LogP contribution is -2.44. The summed E-state index contributed by atoms with van der Waals surface area (Å²) in [6.07, 6.45) is 2.89. The van der Waals surface area contributed by atoms with Crippen molar-refractivity contribution in [1.82, 2.24) is 5.32 Å². The van der Waals surface area contributed by atoms with Gasteiger partial charge in [-0.3, -0.25) is 9.59 Å². The molecule has 17 heavy (non-hydrogen) atoms. The lowest BCUT2D eigenvalue weighted by atomic mass is 9.66. The number of carbonyl (C=O) groups excluding carboxylic acids is 1. The Bertz CT molecular complexity index is 277. The van der Waals surface area contributed by atoms with Gasteiger partial charge in [-0.1, -0.05) is 6.42 Å². The van der Waals surface area contributed by atoms with E-state index in [1.807, 2.05) is 0 Å². The highest BCUT2D eigenvalue weighted by atomic mass is 16.5. The Hall–Kier alpha value is -1.14. The molecule has 6 nitrogen and oxygen atoms in total. The minimum Gasteiger partial charge on any atom is -0.481 e. The fourth-order valence-corrected chi connectivity index (χ4v) is 2.00. The number of hydrogen-bond acceptors (Lipinski definition) is 4. The van der Waals surface area contributed by atoms with Crippen molar-refractivity contribution < 1.29 is 19.4 Å². The Morgan fingerprint density at radius 2 is 2.12 bits per heavy atom. The molecule has 0 atom stereocenters. The molecule has 1 amide bonds. The van der Waals surface area contributed by atoms with Crippen LogP contribution < -0.4 is 11.1 Å². The van der Waals surface area contributed by atoms with Crippen molar-refractivity contribution in [3.8, 4) is 0 Å². The molecule has 1 aliphatic carbocycles. The van der Waals surface area contributed by atoms with Crippen molar-refractivity contribution in [3.05, 3.63) is 0 Å². The van der Waals surface area contributed by atoms with Crippen LogP contribution in [0.25, 0.3) is 0 Å². The number of rotatable bonds is 8. The minimum absolute atomic E-state index is 0.0135. The third-order valence-corrected chi connectivity index (χ3v) is 3.10. The number of nitrogens with two attached hydrogens (primary N) is 1. The summed E-state index contributed by atoms with van der Waals surface area (Å²) in [5.41, 5.74) is 4.98. The molecule has 4 N–H and O–H groups in total. The highest BCUT2D eigenvalue weighted by Gasteiger charge is 2.39. The van der Waals surface area contributed by atoms with Crippen molar-refractivity contribution in [2.24, 2.45) is 11.1 Å². The number of amides is 1. The fourth-order valence-electron chi connectivity index (χ4n) is 2.00. The molecule has 0 bridgehead atoms. The number of hydrogen-bond donors (Lipinski definition) is 3. The van der Waals surface area contributed by atoms with Gasteiger partial charge in [-0.25, -0.2) is 0 Å². The summed E-state index contributed by atoms with van der Waals surface area (Å²) in [5.74, 6) is -1.02. The molecular formula is C11H20N2O4. The minimum atomic E-state index is -0.807. The van der Waals surface area contributed by atoms with Crippen molar-refractivity contribution >= 4 is 11.9 Å². The summed E-state index contributed by atoms with van der Waals surface area (Å²) in [7, 11) is 0. The third kappa shape index (κ3) is 4.70. The number of nitrogens with one attached hydrogen (secondary N) is 1. The highest BCUT2D eigenvalue weighted by Crippen LogP contribution is 2.43. The van der Waals surface area contributed by atoms with E-state index in [1.165, 1.54) is 0 Å². The van der Waals surface area contributed by atoms with Gasteiger partial charge in [-0.05, 0) is 18.3 Å². The van der Waals surface area contributed by atoms with Crippen LogP contribution in [0.3, 0.4) is 0 Å². The number of carboxylic acids is 1. The molecule has 1 rings (SSSR count). The lowest BCUT2D eigenvalue weighted by molar-refractivity contribution is -0.142. The molecule has 6 heteroatoms. The van der Waals surface area contributed by atoms with E-state index in [2.05, 4.69) is 5.32 Å². The Labute approximate surface area is 101 Å². The van der Waals surface area contributed by atoms with Crippen molar-refractivity contribution in [2.75, 3.05) is 26.3 Å². The van der Waals surface area contributed by atoms with Crippen LogP contribution in [0.5, 0.6) is 0 Å². The van der Waals surface area contributed by atoms with Gasteiger partial charge >= 0.3 is 5.97 Å². The summed E-state index contributed by atoms with van der Waals surface area (Å²) in [6.45, 7) is 1.15. The van der Waals surface area contributed by atoms with Gasteiger partial charge in [0.15, 0.2) is 0 Å². The number of aliphatic carboxylic acids is 1. The molecule has 0 aromatic rings. The first-order valence-electron chi connectivity index (χ1n) is 5.84. The molecule has 0 saturated heterocycles. The Balaban J connectivity index is 2.23. The largest absolute Gasteiger partial charge is 0.481 e. The van der Waals surface area contributed by atoms with E-state index in [-0.39, 0.29) is 24.3 Å². The van der Waals surface area contributed by atoms with Crippen LogP contribution in [0.1, 0.15) is 25.7 Å². The molecule has 0 aromatic heterocycles. The van der Waals surface area contributed by atoms with Crippen LogP contribution in [0.15, 0.2) is 0 Å². The van der Waals surface area contributed by atoms with Gasteiger partial charge in [0, 0.05) is 13.1 Å². The normalized spacial score (nSPS) is 17.2. The van der Waals surface area contributed by atoms with Crippen molar-refractivity contribution in [3.63, 3.8) is 0 Å². The van der Waals surface area contributed by atoms with E-state index in [0.717, 1.165) is 19.3 Å². The van der Waals surface area contributed by atoms with Crippen LogP contribution in [0, 0.1) is 5.41 Å². The van der Waals surface area contributed by atoms with Gasteiger partial charge in [0.25, 0.3) is 0 Å². The molecular weight excluding hydrogens is 224 g/mol. The van der Waals surface area contributed by atoms with Crippen LogP contribution in [0.2, 0.25) is 0 Å². The van der Waals surface area contributed by atoms with Crippen LogP contribution >= 0.6 is 0 Å². The number of carboxylic acid groups (broad SMARTS) is 1. The summed E-state index contributed by atoms with van der Waals surface area (Å²) >= 11 is 0. The maximum atomic E-state index is 11.4. The zero-order valence-electron chi connectivity index (χ0n) is 9.91.